The molecule has 98 valence electrons. The summed E-state index contributed by atoms with van der Waals surface area (Å²) in [6.07, 6.45) is 10.8. The van der Waals surface area contributed by atoms with E-state index in [1.54, 1.807) is 0 Å². The van der Waals surface area contributed by atoms with Gasteiger partial charge in [0.05, 0.1) is 0 Å². The predicted molar refractivity (Wildman–Crippen MR) is 69.5 cm³/mol. The molecule has 0 atom stereocenters. The molecule has 0 aromatic heterocycles. The fraction of sp³-hybridized carbons (Fsp3) is 0.929. The van der Waals surface area contributed by atoms with Crippen LogP contribution in [0.2, 0.25) is 0 Å². The summed E-state index contributed by atoms with van der Waals surface area (Å²) in [6.45, 7) is 1.56. The first kappa shape index (κ1) is 12.9. The zero-order valence-electron chi connectivity index (χ0n) is 10.8. The van der Waals surface area contributed by atoms with Crippen LogP contribution >= 0.6 is 0 Å². The zero-order chi connectivity index (χ0) is 12.1. The van der Waals surface area contributed by atoms with Crippen LogP contribution in [0.3, 0.4) is 0 Å². The lowest BCUT2D eigenvalue weighted by molar-refractivity contribution is -0.124. The van der Waals surface area contributed by atoms with Crippen molar-refractivity contribution in [3.8, 4) is 0 Å². The molecule has 0 bridgehead atoms. The third kappa shape index (κ3) is 3.44. The Labute approximate surface area is 105 Å². The van der Waals surface area contributed by atoms with Crippen molar-refractivity contribution in [1.82, 2.24) is 5.32 Å². The molecule has 2 aliphatic rings. The van der Waals surface area contributed by atoms with Crippen LogP contribution < -0.4 is 11.1 Å². The average Bonchev–Trinajstić information content (AvgIpc) is 2.33. The Balaban J connectivity index is 1.66. The molecule has 2 aliphatic carbocycles. The van der Waals surface area contributed by atoms with E-state index in [0.29, 0.717) is 13.0 Å². The van der Waals surface area contributed by atoms with E-state index in [0.717, 1.165) is 25.3 Å². The number of rotatable bonds is 5. The Morgan fingerprint density at radius 2 is 1.88 bits per heavy atom. The molecule has 3 N–H and O–H groups in total. The molecule has 3 heteroatoms. The van der Waals surface area contributed by atoms with Gasteiger partial charge in [0.1, 0.15) is 0 Å². The summed E-state index contributed by atoms with van der Waals surface area (Å²) in [5.41, 5.74) is 5.93. The average molecular weight is 238 g/mol. The van der Waals surface area contributed by atoms with Crippen LogP contribution in [-0.4, -0.2) is 19.0 Å². The van der Waals surface area contributed by atoms with Crippen LogP contribution in [-0.2, 0) is 4.79 Å². The van der Waals surface area contributed by atoms with Crippen molar-refractivity contribution >= 4 is 5.91 Å². The molecular weight excluding hydrogens is 212 g/mol. The fourth-order valence-corrected chi connectivity index (χ4v) is 3.18. The van der Waals surface area contributed by atoms with Crippen LogP contribution in [0.4, 0.5) is 0 Å². The molecule has 0 aromatic carbocycles. The smallest absolute Gasteiger partial charge is 0.220 e. The van der Waals surface area contributed by atoms with Crippen molar-refractivity contribution in [2.24, 2.45) is 17.1 Å². The van der Waals surface area contributed by atoms with E-state index < -0.39 is 0 Å². The van der Waals surface area contributed by atoms with Gasteiger partial charge in [-0.1, -0.05) is 25.7 Å². The Bertz CT molecular complexity index is 249. The van der Waals surface area contributed by atoms with Crippen molar-refractivity contribution in [2.45, 2.75) is 57.8 Å². The lowest BCUT2D eigenvalue weighted by atomic mass is 9.66. The van der Waals surface area contributed by atoms with E-state index in [1.165, 1.54) is 38.5 Å². The van der Waals surface area contributed by atoms with Crippen molar-refractivity contribution in [1.29, 1.82) is 0 Å². The Hall–Kier alpha value is -0.570. The number of hydrogen-bond acceptors (Lipinski definition) is 2. The van der Waals surface area contributed by atoms with E-state index in [4.69, 9.17) is 5.73 Å². The number of hydrogen-bond donors (Lipinski definition) is 2. The van der Waals surface area contributed by atoms with Gasteiger partial charge in [-0.25, -0.2) is 0 Å². The summed E-state index contributed by atoms with van der Waals surface area (Å²) in [5, 5.41) is 3.12. The Kier molecular flexibility index (Phi) is 4.43. The predicted octanol–water partition coefficient (Wildman–Crippen LogP) is 2.20. The van der Waals surface area contributed by atoms with Gasteiger partial charge in [-0.2, -0.15) is 0 Å². The Morgan fingerprint density at radius 1 is 1.18 bits per heavy atom. The monoisotopic (exact) mass is 238 g/mol. The van der Waals surface area contributed by atoms with E-state index in [-0.39, 0.29) is 11.3 Å². The Morgan fingerprint density at radius 3 is 2.41 bits per heavy atom. The van der Waals surface area contributed by atoms with Gasteiger partial charge in [-0.05, 0) is 43.6 Å². The minimum Gasteiger partial charge on any atom is -0.356 e. The summed E-state index contributed by atoms with van der Waals surface area (Å²) in [5.74, 6) is 0.948. The van der Waals surface area contributed by atoms with Crippen LogP contribution in [0.5, 0.6) is 0 Å². The van der Waals surface area contributed by atoms with Crippen molar-refractivity contribution in [2.75, 3.05) is 13.1 Å². The highest BCUT2D eigenvalue weighted by molar-refractivity contribution is 5.76. The van der Waals surface area contributed by atoms with E-state index in [2.05, 4.69) is 5.32 Å². The van der Waals surface area contributed by atoms with Crippen LogP contribution in [0.25, 0.3) is 0 Å². The maximum absolute atomic E-state index is 11.9. The van der Waals surface area contributed by atoms with Gasteiger partial charge in [0.25, 0.3) is 0 Å². The number of nitrogens with two attached hydrogens (primary N) is 1. The largest absolute Gasteiger partial charge is 0.356 e. The standard InChI is InChI=1S/C14H26N2O/c15-11-14(7-4-8-14)9-13(17)16-10-12-5-2-1-3-6-12/h12H,1-11,15H2,(H,16,17). The fourth-order valence-electron chi connectivity index (χ4n) is 3.18. The first-order chi connectivity index (χ1) is 8.24. The molecule has 0 saturated heterocycles. The highest BCUT2D eigenvalue weighted by Crippen LogP contribution is 2.42. The number of carbonyl (C=O) groups excluding carboxylic acids is 1. The van der Waals surface area contributed by atoms with Gasteiger partial charge in [0.15, 0.2) is 0 Å². The van der Waals surface area contributed by atoms with Crippen molar-refractivity contribution < 1.29 is 4.79 Å². The third-order valence-electron chi connectivity index (χ3n) is 4.70. The van der Waals surface area contributed by atoms with Crippen LogP contribution in [0.1, 0.15) is 57.8 Å². The molecule has 0 radical (unpaired) electrons. The molecule has 0 aliphatic heterocycles. The van der Waals surface area contributed by atoms with E-state index in [1.807, 2.05) is 0 Å². The quantitative estimate of drug-likeness (QED) is 0.771. The maximum Gasteiger partial charge on any atom is 0.220 e. The summed E-state index contributed by atoms with van der Waals surface area (Å²) in [4.78, 5) is 11.9. The van der Waals surface area contributed by atoms with Gasteiger partial charge < -0.3 is 11.1 Å². The van der Waals surface area contributed by atoms with Gasteiger partial charge in [-0.3, -0.25) is 4.79 Å². The second kappa shape index (κ2) is 5.85. The number of nitrogens with one attached hydrogen (secondary N) is 1. The first-order valence-electron chi connectivity index (χ1n) is 7.21. The number of carbonyl (C=O) groups is 1. The summed E-state index contributed by atoms with van der Waals surface area (Å²) in [7, 11) is 0. The van der Waals surface area contributed by atoms with E-state index in [9.17, 15) is 4.79 Å². The second-order valence-corrected chi connectivity index (χ2v) is 6.04. The molecule has 2 saturated carbocycles. The zero-order valence-corrected chi connectivity index (χ0v) is 10.8. The van der Waals surface area contributed by atoms with Gasteiger partial charge in [0, 0.05) is 13.0 Å². The normalized spacial score (nSPS) is 24.1. The molecule has 3 nitrogen and oxygen atoms in total. The molecule has 0 aromatic rings. The molecule has 2 rings (SSSR count). The van der Waals surface area contributed by atoms with Gasteiger partial charge in [0.2, 0.25) is 5.91 Å². The summed E-state index contributed by atoms with van der Waals surface area (Å²) >= 11 is 0. The van der Waals surface area contributed by atoms with Crippen molar-refractivity contribution in [3.63, 3.8) is 0 Å². The van der Waals surface area contributed by atoms with Crippen LogP contribution in [0, 0.1) is 11.3 Å². The van der Waals surface area contributed by atoms with Gasteiger partial charge in [-0.15, -0.1) is 0 Å². The highest BCUT2D eigenvalue weighted by Gasteiger charge is 2.37. The van der Waals surface area contributed by atoms with Crippen molar-refractivity contribution in [3.05, 3.63) is 0 Å². The molecule has 0 heterocycles. The minimum absolute atomic E-state index is 0.149. The minimum atomic E-state index is 0.149. The topological polar surface area (TPSA) is 55.1 Å². The lowest BCUT2D eigenvalue weighted by Gasteiger charge is -2.40. The van der Waals surface area contributed by atoms with E-state index >= 15 is 0 Å². The van der Waals surface area contributed by atoms with Crippen LogP contribution in [0.15, 0.2) is 0 Å². The lowest BCUT2D eigenvalue weighted by Crippen LogP contribution is -2.42. The summed E-state index contributed by atoms with van der Waals surface area (Å²) in [6, 6.07) is 0. The SMILES string of the molecule is NCC1(CC(=O)NCC2CCCCC2)CCC1. The molecular formula is C14H26N2O. The third-order valence-corrected chi connectivity index (χ3v) is 4.70. The molecule has 0 spiro atoms. The summed E-state index contributed by atoms with van der Waals surface area (Å²) < 4.78 is 0. The second-order valence-electron chi connectivity index (χ2n) is 6.04. The first-order valence-corrected chi connectivity index (χ1v) is 7.21. The molecule has 1 amide bonds. The molecule has 17 heavy (non-hydrogen) atoms. The highest BCUT2D eigenvalue weighted by atomic mass is 16.1. The molecule has 2 fully saturated rings. The number of amides is 1. The van der Waals surface area contributed by atoms with Gasteiger partial charge >= 0.3 is 0 Å². The maximum atomic E-state index is 11.9. The molecule has 0 unspecified atom stereocenters.